The van der Waals surface area contributed by atoms with E-state index in [4.69, 9.17) is 16.3 Å². The summed E-state index contributed by atoms with van der Waals surface area (Å²) in [5.41, 5.74) is 5.54. The second-order valence-corrected chi connectivity index (χ2v) is 8.64. The number of nitrogens with one attached hydrogen (secondary N) is 1. The monoisotopic (exact) mass is 452 g/mol. The Morgan fingerprint density at radius 2 is 1.75 bits per heavy atom. The van der Waals surface area contributed by atoms with Crippen LogP contribution in [0.3, 0.4) is 0 Å². The van der Waals surface area contributed by atoms with Crippen molar-refractivity contribution in [2.24, 2.45) is 0 Å². The lowest BCUT2D eigenvalue weighted by Gasteiger charge is -2.29. The predicted molar refractivity (Wildman–Crippen MR) is 128 cm³/mol. The van der Waals surface area contributed by atoms with Gasteiger partial charge in [-0.1, -0.05) is 53.6 Å². The molecule has 3 aromatic rings. The number of carbonyl (C=O) groups is 1. The molecule has 1 saturated heterocycles. The molecule has 0 radical (unpaired) electrons. The van der Waals surface area contributed by atoms with E-state index in [9.17, 15) is 4.79 Å². The molecule has 1 aliphatic heterocycles. The van der Waals surface area contributed by atoms with Crippen molar-refractivity contribution in [1.29, 1.82) is 0 Å². The number of benzene rings is 2. The zero-order valence-corrected chi connectivity index (χ0v) is 19.5. The molecule has 7 heteroatoms. The zero-order valence-electron chi connectivity index (χ0n) is 18.8. The lowest BCUT2D eigenvalue weighted by Crippen LogP contribution is -2.36. The van der Waals surface area contributed by atoms with Gasteiger partial charge in [0, 0.05) is 18.8 Å². The van der Waals surface area contributed by atoms with E-state index in [1.54, 1.807) is 4.68 Å². The number of aryl methyl sites for hydroxylation is 2. The first-order valence-corrected chi connectivity index (χ1v) is 11.3. The van der Waals surface area contributed by atoms with E-state index in [0.717, 1.165) is 37.4 Å². The number of halogens is 1. The first kappa shape index (κ1) is 22.4. The van der Waals surface area contributed by atoms with Gasteiger partial charge in [-0.05, 0) is 44.0 Å². The van der Waals surface area contributed by atoms with Crippen molar-refractivity contribution in [2.75, 3.05) is 31.2 Å². The van der Waals surface area contributed by atoms with E-state index in [0.29, 0.717) is 23.0 Å². The molecular formula is C25H29ClN4O2. The van der Waals surface area contributed by atoms with Gasteiger partial charge in [0.05, 0.1) is 37.1 Å². The highest BCUT2D eigenvalue weighted by Gasteiger charge is 2.22. The first-order chi connectivity index (χ1) is 15.4. The van der Waals surface area contributed by atoms with Crippen LogP contribution in [0.5, 0.6) is 0 Å². The Morgan fingerprint density at radius 3 is 2.41 bits per heavy atom. The number of morpholine rings is 1. The molecule has 0 spiro atoms. The maximum atomic E-state index is 13.0. The summed E-state index contributed by atoms with van der Waals surface area (Å²) >= 11 is 6.57. The minimum Gasteiger partial charge on any atom is -0.378 e. The Kier molecular flexibility index (Phi) is 6.82. The second kappa shape index (κ2) is 9.76. The molecule has 1 N–H and O–H groups in total. The fourth-order valence-electron chi connectivity index (χ4n) is 3.93. The average Bonchev–Trinajstić information content (AvgIpc) is 3.08. The number of amides is 1. The molecule has 1 unspecified atom stereocenters. The number of aromatic nitrogens is 2. The molecule has 1 amide bonds. The summed E-state index contributed by atoms with van der Waals surface area (Å²) < 4.78 is 7.10. The van der Waals surface area contributed by atoms with Crippen molar-refractivity contribution in [3.05, 3.63) is 81.6 Å². The quantitative estimate of drug-likeness (QED) is 0.597. The molecule has 1 fully saturated rings. The molecule has 0 aliphatic carbocycles. The number of hydrogen-bond acceptors (Lipinski definition) is 4. The maximum Gasteiger partial charge on any atom is 0.256 e. The van der Waals surface area contributed by atoms with Gasteiger partial charge in [-0.2, -0.15) is 5.10 Å². The van der Waals surface area contributed by atoms with Gasteiger partial charge < -0.3 is 15.0 Å². The molecule has 4 rings (SSSR count). The van der Waals surface area contributed by atoms with E-state index < -0.39 is 0 Å². The summed E-state index contributed by atoms with van der Waals surface area (Å²) in [7, 11) is 0. The third-order valence-electron chi connectivity index (χ3n) is 5.86. The van der Waals surface area contributed by atoms with E-state index >= 15 is 0 Å². The fraction of sp³-hybridized carbons (Fsp3) is 0.360. The molecular weight excluding hydrogens is 424 g/mol. The number of rotatable bonds is 6. The Morgan fingerprint density at radius 1 is 1.09 bits per heavy atom. The van der Waals surface area contributed by atoms with Gasteiger partial charge in [-0.25, -0.2) is 4.68 Å². The number of hydrogen-bond donors (Lipinski definition) is 1. The summed E-state index contributed by atoms with van der Waals surface area (Å²) in [5.74, 6) is -0.215. The molecule has 6 nitrogen and oxygen atoms in total. The third-order valence-corrected chi connectivity index (χ3v) is 6.25. The zero-order chi connectivity index (χ0) is 22.7. The number of nitrogens with zero attached hydrogens (tertiary/aromatic N) is 3. The van der Waals surface area contributed by atoms with Crippen molar-refractivity contribution >= 4 is 23.2 Å². The molecule has 0 saturated carbocycles. The van der Waals surface area contributed by atoms with Gasteiger partial charge in [0.15, 0.2) is 0 Å². The summed E-state index contributed by atoms with van der Waals surface area (Å²) in [5, 5.41) is 7.92. The van der Waals surface area contributed by atoms with Crippen LogP contribution in [0.15, 0.2) is 48.5 Å². The van der Waals surface area contributed by atoms with Crippen LogP contribution in [-0.2, 0) is 11.3 Å². The first-order valence-electron chi connectivity index (χ1n) is 10.9. The SMILES string of the molecule is Cc1ccc(Cn2nc(C)c(C(=O)NC(C)c3ccc(N4CCOCC4)cc3)c2Cl)cc1. The van der Waals surface area contributed by atoms with Gasteiger partial charge in [0.1, 0.15) is 5.15 Å². The van der Waals surface area contributed by atoms with Crippen LogP contribution in [0.2, 0.25) is 5.15 Å². The largest absolute Gasteiger partial charge is 0.378 e. The van der Waals surface area contributed by atoms with E-state index in [1.807, 2.05) is 26.0 Å². The van der Waals surface area contributed by atoms with Gasteiger partial charge in [-0.3, -0.25) is 4.79 Å². The van der Waals surface area contributed by atoms with Crippen molar-refractivity contribution in [3.8, 4) is 0 Å². The number of carbonyl (C=O) groups excluding carboxylic acids is 1. The van der Waals surface area contributed by atoms with Crippen LogP contribution in [0.4, 0.5) is 5.69 Å². The Bertz CT molecular complexity index is 1070. The Hall–Kier alpha value is -2.83. The molecule has 0 bridgehead atoms. The molecule has 1 atom stereocenters. The Labute approximate surface area is 194 Å². The van der Waals surface area contributed by atoms with Crippen LogP contribution >= 0.6 is 11.6 Å². The van der Waals surface area contributed by atoms with Gasteiger partial charge in [-0.15, -0.1) is 0 Å². The average molecular weight is 453 g/mol. The van der Waals surface area contributed by atoms with Crippen LogP contribution in [0.1, 0.15) is 45.7 Å². The van der Waals surface area contributed by atoms with Crippen molar-refractivity contribution in [3.63, 3.8) is 0 Å². The minimum atomic E-state index is -0.215. The predicted octanol–water partition coefficient (Wildman–Crippen LogP) is 4.53. The second-order valence-electron chi connectivity index (χ2n) is 8.28. The molecule has 32 heavy (non-hydrogen) atoms. The van der Waals surface area contributed by atoms with E-state index in [1.165, 1.54) is 11.3 Å². The lowest BCUT2D eigenvalue weighted by atomic mass is 10.1. The smallest absolute Gasteiger partial charge is 0.256 e. The third kappa shape index (κ3) is 4.97. The highest BCUT2D eigenvalue weighted by molar-refractivity contribution is 6.33. The lowest BCUT2D eigenvalue weighted by molar-refractivity contribution is 0.0939. The van der Waals surface area contributed by atoms with Crippen molar-refractivity contribution in [2.45, 2.75) is 33.4 Å². The van der Waals surface area contributed by atoms with Gasteiger partial charge in [0.2, 0.25) is 0 Å². The molecule has 2 aromatic carbocycles. The van der Waals surface area contributed by atoms with E-state index in [-0.39, 0.29) is 11.9 Å². The maximum absolute atomic E-state index is 13.0. The Balaban J connectivity index is 1.44. The van der Waals surface area contributed by atoms with Gasteiger partial charge >= 0.3 is 0 Å². The summed E-state index contributed by atoms with van der Waals surface area (Å²) in [6.45, 7) is 9.67. The van der Waals surface area contributed by atoms with Crippen LogP contribution in [-0.4, -0.2) is 42.0 Å². The van der Waals surface area contributed by atoms with Crippen LogP contribution in [0, 0.1) is 13.8 Å². The molecule has 168 valence electrons. The number of anilines is 1. The molecule has 1 aromatic heterocycles. The van der Waals surface area contributed by atoms with Crippen LogP contribution < -0.4 is 10.2 Å². The number of ether oxygens (including phenoxy) is 1. The normalized spacial score (nSPS) is 14.9. The standard InChI is InChI=1S/C25H29ClN4O2/c1-17-4-6-20(7-5-17)16-30-24(26)23(19(3)28-30)25(31)27-18(2)21-8-10-22(11-9-21)29-12-14-32-15-13-29/h4-11,18H,12-16H2,1-3H3,(H,27,31). The minimum absolute atomic E-state index is 0.155. The summed E-state index contributed by atoms with van der Waals surface area (Å²) in [4.78, 5) is 15.3. The molecule has 1 aliphatic rings. The van der Waals surface area contributed by atoms with E-state index in [2.05, 4.69) is 58.6 Å². The fourth-order valence-corrected chi connectivity index (χ4v) is 4.25. The topological polar surface area (TPSA) is 59.4 Å². The van der Waals surface area contributed by atoms with Crippen molar-refractivity contribution < 1.29 is 9.53 Å². The summed E-state index contributed by atoms with van der Waals surface area (Å²) in [6, 6.07) is 16.4. The highest BCUT2D eigenvalue weighted by Crippen LogP contribution is 2.24. The summed E-state index contributed by atoms with van der Waals surface area (Å²) in [6.07, 6.45) is 0. The molecule has 2 heterocycles. The van der Waals surface area contributed by atoms with Crippen molar-refractivity contribution in [1.82, 2.24) is 15.1 Å². The van der Waals surface area contributed by atoms with Crippen LogP contribution in [0.25, 0.3) is 0 Å². The van der Waals surface area contributed by atoms with Gasteiger partial charge in [0.25, 0.3) is 5.91 Å². The highest BCUT2D eigenvalue weighted by atomic mass is 35.5.